The van der Waals surface area contributed by atoms with E-state index in [0.29, 0.717) is 6.42 Å². The molecule has 0 saturated carbocycles. The third-order valence-electron chi connectivity index (χ3n) is 3.23. The molecule has 0 aliphatic heterocycles. The van der Waals surface area contributed by atoms with E-state index in [2.05, 4.69) is 10.3 Å². The normalized spacial score (nSPS) is 11.8. The lowest BCUT2D eigenvalue weighted by molar-refractivity contribution is -0.122. The predicted octanol–water partition coefficient (Wildman–Crippen LogP) is 1.91. The molecule has 1 aromatic heterocycles. The quantitative estimate of drug-likeness (QED) is 0.786. The van der Waals surface area contributed by atoms with E-state index >= 15 is 0 Å². The lowest BCUT2D eigenvalue weighted by atomic mass is 10.0. The van der Waals surface area contributed by atoms with Crippen LogP contribution in [0.2, 0.25) is 0 Å². The Bertz CT molecular complexity index is 599. The molecule has 4 nitrogen and oxygen atoms in total. The number of aliphatic hydroxyl groups excluding tert-OH is 1. The Labute approximate surface area is 112 Å². The van der Waals surface area contributed by atoms with E-state index in [1.807, 2.05) is 31.3 Å². The molecule has 1 heterocycles. The molecule has 4 heteroatoms. The zero-order valence-corrected chi connectivity index (χ0v) is 11.6. The molecule has 0 aliphatic carbocycles. The first-order valence-electron chi connectivity index (χ1n) is 6.40. The highest BCUT2D eigenvalue weighted by Crippen LogP contribution is 2.21. The minimum atomic E-state index is -0.584. The molecule has 1 amide bonds. The smallest absolute Gasteiger partial charge is 0.224 e. The summed E-state index contributed by atoms with van der Waals surface area (Å²) in [5.41, 5.74) is 2.63. The molecule has 0 radical (unpaired) electrons. The summed E-state index contributed by atoms with van der Waals surface area (Å²) in [5.74, 6) is -0.0820. The Balaban J connectivity index is 2.18. The highest BCUT2D eigenvalue weighted by atomic mass is 16.3. The van der Waals surface area contributed by atoms with E-state index in [1.165, 1.54) is 5.56 Å². The number of aryl methyl sites for hydroxylation is 1. The van der Waals surface area contributed by atoms with Crippen molar-refractivity contribution in [3.63, 3.8) is 0 Å². The molecule has 0 bridgehead atoms. The van der Waals surface area contributed by atoms with Gasteiger partial charge < -0.3 is 15.4 Å². The molecule has 2 rings (SSSR count). The number of hydrogen-bond acceptors (Lipinski definition) is 2. The summed E-state index contributed by atoms with van der Waals surface area (Å²) in [6.07, 6.45) is 2.19. The second-order valence-corrected chi connectivity index (χ2v) is 5.58. The third-order valence-corrected chi connectivity index (χ3v) is 3.23. The SMILES string of the molecule is Cc1cccc2c(CC(=O)NC(C)(C)CO)c[nH]c12. The van der Waals surface area contributed by atoms with Gasteiger partial charge in [-0.25, -0.2) is 0 Å². The average molecular weight is 260 g/mol. The number of amides is 1. The van der Waals surface area contributed by atoms with Crippen molar-refractivity contribution in [1.29, 1.82) is 0 Å². The monoisotopic (exact) mass is 260 g/mol. The summed E-state index contributed by atoms with van der Waals surface area (Å²) in [6.45, 7) is 5.55. The summed E-state index contributed by atoms with van der Waals surface area (Å²) in [4.78, 5) is 15.2. The molecule has 2 aromatic rings. The van der Waals surface area contributed by atoms with Crippen molar-refractivity contribution in [2.75, 3.05) is 6.61 Å². The maximum Gasteiger partial charge on any atom is 0.224 e. The van der Waals surface area contributed by atoms with Crippen LogP contribution in [0.15, 0.2) is 24.4 Å². The zero-order chi connectivity index (χ0) is 14.0. The van der Waals surface area contributed by atoms with Gasteiger partial charge in [0.05, 0.1) is 18.6 Å². The van der Waals surface area contributed by atoms with Crippen LogP contribution < -0.4 is 5.32 Å². The fraction of sp³-hybridized carbons (Fsp3) is 0.400. The lowest BCUT2D eigenvalue weighted by Gasteiger charge is -2.23. The van der Waals surface area contributed by atoms with Crippen molar-refractivity contribution in [3.8, 4) is 0 Å². The molecule has 0 aliphatic rings. The number of hydrogen-bond donors (Lipinski definition) is 3. The van der Waals surface area contributed by atoms with Crippen molar-refractivity contribution in [2.45, 2.75) is 32.7 Å². The van der Waals surface area contributed by atoms with Gasteiger partial charge in [-0.1, -0.05) is 18.2 Å². The van der Waals surface area contributed by atoms with Gasteiger partial charge in [0.15, 0.2) is 0 Å². The molecule has 0 saturated heterocycles. The summed E-state index contributed by atoms with van der Waals surface area (Å²) >= 11 is 0. The van der Waals surface area contributed by atoms with E-state index in [-0.39, 0.29) is 12.5 Å². The van der Waals surface area contributed by atoms with Crippen LogP contribution in [-0.2, 0) is 11.2 Å². The second-order valence-electron chi connectivity index (χ2n) is 5.58. The van der Waals surface area contributed by atoms with Gasteiger partial charge in [-0.15, -0.1) is 0 Å². The van der Waals surface area contributed by atoms with E-state index in [4.69, 9.17) is 5.11 Å². The van der Waals surface area contributed by atoms with E-state index < -0.39 is 5.54 Å². The summed E-state index contributed by atoms with van der Waals surface area (Å²) < 4.78 is 0. The zero-order valence-electron chi connectivity index (χ0n) is 11.6. The summed E-state index contributed by atoms with van der Waals surface area (Å²) in [5, 5.41) is 13.1. The Morgan fingerprint density at radius 3 is 2.84 bits per heavy atom. The van der Waals surface area contributed by atoms with E-state index in [1.54, 1.807) is 13.8 Å². The van der Waals surface area contributed by atoms with Gasteiger partial charge in [-0.3, -0.25) is 4.79 Å². The molecule has 1 aromatic carbocycles. The number of aliphatic hydroxyl groups is 1. The minimum absolute atomic E-state index is 0.0776. The van der Waals surface area contributed by atoms with Gasteiger partial charge in [0.2, 0.25) is 5.91 Å². The van der Waals surface area contributed by atoms with Crippen molar-refractivity contribution in [3.05, 3.63) is 35.5 Å². The van der Waals surface area contributed by atoms with Crippen LogP contribution >= 0.6 is 0 Å². The molecule has 0 fully saturated rings. The van der Waals surface area contributed by atoms with Crippen LogP contribution in [0.5, 0.6) is 0 Å². The van der Waals surface area contributed by atoms with Crippen molar-refractivity contribution in [1.82, 2.24) is 10.3 Å². The highest BCUT2D eigenvalue weighted by molar-refractivity contribution is 5.90. The van der Waals surface area contributed by atoms with Gasteiger partial charge in [0.25, 0.3) is 0 Å². The van der Waals surface area contributed by atoms with Crippen LogP contribution in [-0.4, -0.2) is 28.1 Å². The van der Waals surface area contributed by atoms with Gasteiger partial charge in [-0.05, 0) is 31.9 Å². The minimum Gasteiger partial charge on any atom is -0.394 e. The lowest BCUT2D eigenvalue weighted by Crippen LogP contribution is -2.46. The molecule has 0 atom stereocenters. The van der Waals surface area contributed by atoms with E-state index in [0.717, 1.165) is 16.5 Å². The van der Waals surface area contributed by atoms with Gasteiger partial charge in [0.1, 0.15) is 0 Å². The Morgan fingerprint density at radius 2 is 2.16 bits per heavy atom. The molecule has 19 heavy (non-hydrogen) atoms. The Kier molecular flexibility index (Phi) is 3.62. The number of carbonyl (C=O) groups excluding carboxylic acids is 1. The maximum atomic E-state index is 12.0. The number of fused-ring (bicyclic) bond motifs is 1. The Morgan fingerprint density at radius 1 is 1.42 bits per heavy atom. The largest absolute Gasteiger partial charge is 0.394 e. The topological polar surface area (TPSA) is 65.1 Å². The predicted molar refractivity (Wildman–Crippen MR) is 76.0 cm³/mol. The number of rotatable bonds is 4. The highest BCUT2D eigenvalue weighted by Gasteiger charge is 2.19. The molecule has 0 spiro atoms. The summed E-state index contributed by atoms with van der Waals surface area (Å²) in [7, 11) is 0. The number of carbonyl (C=O) groups is 1. The number of aromatic amines is 1. The number of para-hydroxylation sites is 1. The average Bonchev–Trinajstić information content (AvgIpc) is 2.73. The van der Waals surface area contributed by atoms with Crippen LogP contribution in [0.3, 0.4) is 0 Å². The number of nitrogens with one attached hydrogen (secondary N) is 2. The fourth-order valence-electron chi connectivity index (χ4n) is 2.14. The van der Waals surface area contributed by atoms with Crippen LogP contribution in [0.25, 0.3) is 10.9 Å². The van der Waals surface area contributed by atoms with Crippen LogP contribution in [0.1, 0.15) is 25.0 Å². The standard InChI is InChI=1S/C15H20N2O2/c1-10-5-4-6-12-11(8-16-14(10)12)7-13(19)17-15(2,3)9-18/h4-6,8,16,18H,7,9H2,1-3H3,(H,17,19). The first-order valence-corrected chi connectivity index (χ1v) is 6.40. The molecule has 3 N–H and O–H groups in total. The molecular formula is C15H20N2O2. The third kappa shape index (κ3) is 2.96. The van der Waals surface area contributed by atoms with Gasteiger partial charge in [-0.2, -0.15) is 0 Å². The van der Waals surface area contributed by atoms with E-state index in [9.17, 15) is 4.79 Å². The van der Waals surface area contributed by atoms with Gasteiger partial charge >= 0.3 is 0 Å². The molecule has 102 valence electrons. The molecule has 0 unspecified atom stereocenters. The number of benzene rings is 1. The van der Waals surface area contributed by atoms with Crippen molar-refractivity contribution < 1.29 is 9.90 Å². The first kappa shape index (κ1) is 13.6. The first-order chi connectivity index (χ1) is 8.93. The molecular weight excluding hydrogens is 240 g/mol. The number of H-pyrrole nitrogens is 1. The number of aromatic nitrogens is 1. The van der Waals surface area contributed by atoms with Crippen LogP contribution in [0, 0.1) is 6.92 Å². The van der Waals surface area contributed by atoms with Crippen LogP contribution in [0.4, 0.5) is 0 Å². The second kappa shape index (κ2) is 5.05. The fourth-order valence-corrected chi connectivity index (χ4v) is 2.14. The van der Waals surface area contributed by atoms with Gasteiger partial charge in [0, 0.05) is 17.1 Å². The Hall–Kier alpha value is -1.81. The maximum absolute atomic E-state index is 12.0. The van der Waals surface area contributed by atoms with Crippen molar-refractivity contribution >= 4 is 16.8 Å². The summed E-state index contributed by atoms with van der Waals surface area (Å²) in [6, 6.07) is 6.04. The van der Waals surface area contributed by atoms with Crippen molar-refractivity contribution in [2.24, 2.45) is 0 Å².